The van der Waals surface area contributed by atoms with E-state index in [2.05, 4.69) is 0 Å². The van der Waals surface area contributed by atoms with E-state index in [9.17, 15) is 22.8 Å². The molecule has 0 N–H and O–H groups in total. The van der Waals surface area contributed by atoms with Crippen LogP contribution >= 0.6 is 0 Å². The topological polar surface area (TPSA) is 110 Å². The summed E-state index contributed by atoms with van der Waals surface area (Å²) in [4.78, 5) is 39.2. The van der Waals surface area contributed by atoms with E-state index in [4.69, 9.17) is 9.47 Å². The van der Waals surface area contributed by atoms with Crippen molar-refractivity contribution >= 4 is 27.9 Å². The standard InChI is InChI=1S/C24H34N2O7S/c1-4-32-23(28)19-10-14-25(15-11-19)22(27)18(3)33-24(29)21-16-20(9-8-17(21)2)34(30,31)26-12-6-5-7-13-26/h8-9,16,18-19H,4-7,10-15H2,1-3H3/t18-/m1/s1. The molecule has 2 heterocycles. The third kappa shape index (κ3) is 5.96. The lowest BCUT2D eigenvalue weighted by molar-refractivity contribution is -0.152. The molecular weight excluding hydrogens is 460 g/mol. The first kappa shape index (κ1) is 26.2. The number of amides is 1. The minimum Gasteiger partial charge on any atom is -0.466 e. The first-order chi connectivity index (χ1) is 16.1. The summed E-state index contributed by atoms with van der Waals surface area (Å²) in [5, 5.41) is 0. The maximum absolute atomic E-state index is 13.0. The minimum atomic E-state index is -3.70. The van der Waals surface area contributed by atoms with Crippen LogP contribution in [0, 0.1) is 12.8 Å². The number of piperidine rings is 2. The molecule has 34 heavy (non-hydrogen) atoms. The van der Waals surface area contributed by atoms with E-state index < -0.39 is 22.1 Å². The molecule has 0 unspecified atom stereocenters. The van der Waals surface area contributed by atoms with Crippen LogP contribution in [0.3, 0.4) is 0 Å². The number of rotatable bonds is 7. The number of carbonyl (C=O) groups is 3. The summed E-state index contributed by atoms with van der Waals surface area (Å²) in [6.07, 6.45) is 2.60. The maximum atomic E-state index is 13.0. The molecule has 0 spiro atoms. The molecule has 10 heteroatoms. The van der Waals surface area contributed by atoms with Gasteiger partial charge in [0, 0.05) is 26.2 Å². The first-order valence-electron chi connectivity index (χ1n) is 11.9. The molecule has 0 aliphatic carbocycles. The third-order valence-electron chi connectivity index (χ3n) is 6.44. The van der Waals surface area contributed by atoms with Crippen LogP contribution in [-0.4, -0.2) is 74.4 Å². The highest BCUT2D eigenvalue weighted by atomic mass is 32.2. The number of aryl methyl sites for hydroxylation is 1. The Hall–Kier alpha value is -2.46. The van der Waals surface area contributed by atoms with Crippen LogP contribution in [0.4, 0.5) is 0 Å². The molecule has 0 bridgehead atoms. The number of hydrogen-bond donors (Lipinski definition) is 0. The van der Waals surface area contributed by atoms with Crippen LogP contribution in [0.5, 0.6) is 0 Å². The Morgan fingerprint density at radius 2 is 1.71 bits per heavy atom. The van der Waals surface area contributed by atoms with Crippen molar-refractivity contribution in [2.24, 2.45) is 5.92 Å². The number of esters is 2. The molecular formula is C24H34N2O7S. The lowest BCUT2D eigenvalue weighted by Gasteiger charge is -2.32. The fourth-order valence-electron chi connectivity index (χ4n) is 4.36. The summed E-state index contributed by atoms with van der Waals surface area (Å²) in [5.41, 5.74) is 0.691. The molecule has 2 aliphatic heterocycles. The SMILES string of the molecule is CCOC(=O)C1CCN(C(=O)[C@@H](C)OC(=O)c2cc(S(=O)(=O)N3CCCCC3)ccc2C)CC1. The van der Waals surface area contributed by atoms with Crippen molar-refractivity contribution in [1.29, 1.82) is 0 Å². The van der Waals surface area contributed by atoms with Crippen molar-refractivity contribution in [1.82, 2.24) is 9.21 Å². The molecule has 2 fully saturated rings. The van der Waals surface area contributed by atoms with Crippen molar-refractivity contribution in [3.8, 4) is 0 Å². The zero-order valence-corrected chi connectivity index (χ0v) is 20.9. The maximum Gasteiger partial charge on any atom is 0.339 e. The van der Waals surface area contributed by atoms with E-state index in [-0.39, 0.29) is 28.3 Å². The van der Waals surface area contributed by atoms with Crippen molar-refractivity contribution in [2.45, 2.75) is 63.9 Å². The summed E-state index contributed by atoms with van der Waals surface area (Å²) in [6.45, 7) is 6.97. The summed E-state index contributed by atoms with van der Waals surface area (Å²) in [7, 11) is -3.70. The lowest BCUT2D eigenvalue weighted by Crippen LogP contribution is -2.45. The molecule has 1 aromatic carbocycles. The number of likely N-dealkylation sites (tertiary alicyclic amines) is 1. The molecule has 3 rings (SSSR count). The number of ether oxygens (including phenoxy) is 2. The second-order valence-corrected chi connectivity index (χ2v) is 10.8. The van der Waals surface area contributed by atoms with Gasteiger partial charge in [0.25, 0.3) is 5.91 Å². The Morgan fingerprint density at radius 3 is 2.32 bits per heavy atom. The highest BCUT2D eigenvalue weighted by Gasteiger charge is 2.32. The molecule has 9 nitrogen and oxygen atoms in total. The minimum absolute atomic E-state index is 0.0481. The fraction of sp³-hybridized carbons (Fsp3) is 0.625. The van der Waals surface area contributed by atoms with E-state index in [0.29, 0.717) is 51.2 Å². The molecule has 188 valence electrons. The van der Waals surface area contributed by atoms with Crippen molar-refractivity contribution in [3.05, 3.63) is 29.3 Å². The quantitative estimate of drug-likeness (QED) is 0.536. The predicted molar refractivity (Wildman–Crippen MR) is 125 cm³/mol. The van der Waals surface area contributed by atoms with Gasteiger partial charge in [0.15, 0.2) is 6.10 Å². The summed E-state index contributed by atoms with van der Waals surface area (Å²) >= 11 is 0. The Kier molecular flexibility index (Phi) is 8.70. The highest BCUT2D eigenvalue weighted by molar-refractivity contribution is 7.89. The molecule has 2 saturated heterocycles. The number of carbonyl (C=O) groups excluding carboxylic acids is 3. The second-order valence-electron chi connectivity index (χ2n) is 8.84. The number of benzene rings is 1. The van der Waals surface area contributed by atoms with Gasteiger partial charge in [0.2, 0.25) is 10.0 Å². The zero-order chi connectivity index (χ0) is 24.9. The van der Waals surface area contributed by atoms with Crippen LogP contribution in [-0.2, 0) is 29.1 Å². The largest absolute Gasteiger partial charge is 0.466 e. The Bertz CT molecular complexity index is 1010. The van der Waals surface area contributed by atoms with Gasteiger partial charge in [-0.05, 0) is 64.2 Å². The Balaban J connectivity index is 1.64. The second kappa shape index (κ2) is 11.3. The van der Waals surface area contributed by atoms with E-state index in [0.717, 1.165) is 19.3 Å². The van der Waals surface area contributed by atoms with E-state index >= 15 is 0 Å². The van der Waals surface area contributed by atoms with Crippen molar-refractivity contribution in [2.75, 3.05) is 32.8 Å². The van der Waals surface area contributed by atoms with Gasteiger partial charge in [0.05, 0.1) is 23.0 Å². The average Bonchev–Trinajstić information content (AvgIpc) is 2.84. The smallest absolute Gasteiger partial charge is 0.339 e. The summed E-state index contributed by atoms with van der Waals surface area (Å²) < 4.78 is 37.9. The molecule has 1 aromatic rings. The average molecular weight is 495 g/mol. The van der Waals surface area contributed by atoms with Gasteiger partial charge in [-0.25, -0.2) is 13.2 Å². The predicted octanol–water partition coefficient (Wildman–Crippen LogP) is 2.52. The van der Waals surface area contributed by atoms with Gasteiger partial charge in [0.1, 0.15) is 0 Å². The molecule has 1 amide bonds. The number of sulfonamides is 1. The number of hydrogen-bond acceptors (Lipinski definition) is 7. The van der Waals surface area contributed by atoms with Gasteiger partial charge >= 0.3 is 11.9 Å². The van der Waals surface area contributed by atoms with Gasteiger partial charge in [-0.1, -0.05) is 12.5 Å². The molecule has 0 aromatic heterocycles. The first-order valence-corrected chi connectivity index (χ1v) is 13.4. The monoisotopic (exact) mass is 494 g/mol. The van der Waals surface area contributed by atoms with Crippen molar-refractivity contribution < 1.29 is 32.3 Å². The van der Waals surface area contributed by atoms with Crippen LogP contribution in [0.1, 0.15) is 61.9 Å². The fourth-order valence-corrected chi connectivity index (χ4v) is 5.91. The van der Waals surface area contributed by atoms with Gasteiger partial charge in [-0.2, -0.15) is 4.31 Å². The van der Waals surface area contributed by atoms with Crippen LogP contribution in [0.15, 0.2) is 23.1 Å². The Morgan fingerprint density at radius 1 is 1.06 bits per heavy atom. The van der Waals surface area contributed by atoms with E-state index in [1.165, 1.54) is 23.4 Å². The summed E-state index contributed by atoms with van der Waals surface area (Å²) in [6, 6.07) is 4.42. The van der Waals surface area contributed by atoms with E-state index in [1.807, 2.05) is 0 Å². The van der Waals surface area contributed by atoms with Gasteiger partial charge in [-0.3, -0.25) is 9.59 Å². The van der Waals surface area contributed by atoms with Crippen LogP contribution in [0.2, 0.25) is 0 Å². The molecule has 0 radical (unpaired) electrons. The van der Waals surface area contributed by atoms with Gasteiger partial charge in [-0.15, -0.1) is 0 Å². The lowest BCUT2D eigenvalue weighted by atomic mass is 9.96. The molecule has 2 aliphatic rings. The van der Waals surface area contributed by atoms with Gasteiger partial charge < -0.3 is 14.4 Å². The van der Waals surface area contributed by atoms with Crippen molar-refractivity contribution in [3.63, 3.8) is 0 Å². The van der Waals surface area contributed by atoms with E-state index in [1.54, 1.807) is 24.8 Å². The van der Waals surface area contributed by atoms with Crippen LogP contribution in [0.25, 0.3) is 0 Å². The Labute approximate surface area is 201 Å². The molecule has 0 saturated carbocycles. The molecule has 1 atom stereocenters. The summed E-state index contributed by atoms with van der Waals surface area (Å²) in [5.74, 6) is -1.56. The highest BCUT2D eigenvalue weighted by Crippen LogP contribution is 2.24. The number of nitrogens with zero attached hydrogens (tertiary/aromatic N) is 2. The normalized spacial score (nSPS) is 18.9. The third-order valence-corrected chi connectivity index (χ3v) is 8.33. The zero-order valence-electron chi connectivity index (χ0n) is 20.1. The van der Waals surface area contributed by atoms with Crippen LogP contribution < -0.4 is 0 Å².